The predicted octanol–water partition coefficient (Wildman–Crippen LogP) is 7.00. The van der Waals surface area contributed by atoms with Crippen LogP contribution in [0.15, 0.2) is 54.7 Å². The van der Waals surface area contributed by atoms with Crippen LogP contribution in [0.25, 0.3) is 11.0 Å². The Balaban J connectivity index is 1.27. The zero-order valence-corrected chi connectivity index (χ0v) is 24.7. The van der Waals surface area contributed by atoms with Gasteiger partial charge in [-0.05, 0) is 87.2 Å². The van der Waals surface area contributed by atoms with E-state index in [1.807, 2.05) is 56.7 Å². The molecule has 0 bridgehead atoms. The molecule has 5 rings (SSSR count). The van der Waals surface area contributed by atoms with E-state index in [1.54, 1.807) is 24.4 Å². The maximum atomic E-state index is 14.4. The number of imidazole rings is 1. The minimum Gasteiger partial charge on any atom is -0.457 e. The zero-order valence-electron chi connectivity index (χ0n) is 24.7. The average Bonchev–Trinajstić information content (AvgIpc) is 3.23. The molecule has 0 atom stereocenters. The van der Waals surface area contributed by atoms with E-state index in [9.17, 15) is 9.18 Å². The van der Waals surface area contributed by atoms with Gasteiger partial charge < -0.3 is 24.8 Å². The fraction of sp³-hybridized carbons (Fsp3) is 0.406. The van der Waals surface area contributed by atoms with Crippen LogP contribution < -0.4 is 15.4 Å². The monoisotopic (exact) mass is 558 g/mol. The summed E-state index contributed by atoms with van der Waals surface area (Å²) in [5, 5.41) is 6.29. The van der Waals surface area contributed by atoms with E-state index in [1.165, 1.54) is 6.07 Å². The number of nitrogens with one attached hydrogen (secondary N) is 2. The SMILES string of the molecule is CC(C)N1CCC(C(=O)Nc2cc(Oc3ccc4c(c3)nc(Nc3ccc(F)c(C(C)(C)C)c3)n4C)ccn2)CC1. The molecule has 4 aromatic rings. The van der Waals surface area contributed by atoms with Crippen molar-refractivity contribution in [2.75, 3.05) is 23.7 Å². The van der Waals surface area contributed by atoms with Crippen LogP contribution in [-0.4, -0.2) is 44.5 Å². The molecule has 0 radical (unpaired) electrons. The third-order valence-electron chi connectivity index (χ3n) is 7.73. The summed E-state index contributed by atoms with van der Waals surface area (Å²) in [7, 11) is 1.93. The lowest BCUT2D eigenvalue weighted by atomic mass is 9.86. The number of piperidine rings is 1. The summed E-state index contributed by atoms with van der Waals surface area (Å²) >= 11 is 0. The van der Waals surface area contributed by atoms with Gasteiger partial charge in [0.1, 0.15) is 23.1 Å². The number of ether oxygens (including phenoxy) is 1. The fourth-order valence-electron chi connectivity index (χ4n) is 5.25. The molecule has 1 saturated heterocycles. The smallest absolute Gasteiger partial charge is 0.228 e. The van der Waals surface area contributed by atoms with E-state index >= 15 is 0 Å². The van der Waals surface area contributed by atoms with Gasteiger partial charge >= 0.3 is 0 Å². The number of hydrogen-bond acceptors (Lipinski definition) is 6. The highest BCUT2D eigenvalue weighted by molar-refractivity contribution is 5.92. The number of aryl methyl sites for hydroxylation is 1. The molecule has 0 saturated carbocycles. The lowest BCUT2D eigenvalue weighted by molar-refractivity contribution is -0.121. The molecular formula is C32H39FN6O2. The van der Waals surface area contributed by atoms with Gasteiger partial charge in [0.25, 0.3) is 0 Å². The Kier molecular flexibility index (Phi) is 8.00. The van der Waals surface area contributed by atoms with Gasteiger partial charge in [0, 0.05) is 43.0 Å². The highest BCUT2D eigenvalue weighted by Crippen LogP contribution is 2.31. The van der Waals surface area contributed by atoms with Crippen molar-refractivity contribution in [3.8, 4) is 11.5 Å². The van der Waals surface area contributed by atoms with Crippen LogP contribution in [0.3, 0.4) is 0 Å². The first-order chi connectivity index (χ1) is 19.5. The van der Waals surface area contributed by atoms with E-state index in [4.69, 9.17) is 9.72 Å². The Morgan fingerprint density at radius 1 is 1.05 bits per heavy atom. The molecule has 9 heteroatoms. The lowest BCUT2D eigenvalue weighted by Gasteiger charge is -2.33. The molecule has 1 fully saturated rings. The number of fused-ring (bicyclic) bond motifs is 1. The number of likely N-dealkylation sites (tertiary alicyclic amines) is 1. The second-order valence-corrected chi connectivity index (χ2v) is 12.1. The molecule has 3 heterocycles. The Bertz CT molecular complexity index is 1550. The van der Waals surface area contributed by atoms with E-state index in [-0.39, 0.29) is 23.1 Å². The number of aromatic nitrogens is 3. The van der Waals surface area contributed by atoms with Crippen molar-refractivity contribution in [3.05, 3.63) is 66.1 Å². The maximum absolute atomic E-state index is 14.4. The molecule has 1 aliphatic heterocycles. The van der Waals surface area contributed by atoms with Gasteiger partial charge in [-0.2, -0.15) is 0 Å². The zero-order chi connectivity index (χ0) is 29.3. The van der Waals surface area contributed by atoms with Crippen molar-refractivity contribution in [1.82, 2.24) is 19.4 Å². The summed E-state index contributed by atoms with van der Waals surface area (Å²) in [6.45, 7) is 12.2. The van der Waals surface area contributed by atoms with Crippen LogP contribution in [0, 0.1) is 11.7 Å². The van der Waals surface area contributed by atoms with Crippen LogP contribution in [0.5, 0.6) is 11.5 Å². The molecule has 2 aromatic carbocycles. The van der Waals surface area contributed by atoms with Crippen molar-refractivity contribution in [2.24, 2.45) is 13.0 Å². The Morgan fingerprint density at radius 2 is 1.78 bits per heavy atom. The van der Waals surface area contributed by atoms with E-state index in [0.717, 1.165) is 42.7 Å². The summed E-state index contributed by atoms with van der Waals surface area (Å²) in [6, 6.07) is 14.7. The molecule has 2 N–H and O–H groups in total. The molecule has 0 spiro atoms. The van der Waals surface area contributed by atoms with Crippen molar-refractivity contribution in [2.45, 2.75) is 58.9 Å². The van der Waals surface area contributed by atoms with E-state index in [0.29, 0.717) is 34.9 Å². The van der Waals surface area contributed by atoms with Crippen LogP contribution in [-0.2, 0) is 17.3 Å². The molecule has 0 aliphatic carbocycles. The lowest BCUT2D eigenvalue weighted by Crippen LogP contribution is -2.41. The molecule has 0 unspecified atom stereocenters. The minimum absolute atomic E-state index is 0.00349. The highest BCUT2D eigenvalue weighted by atomic mass is 19.1. The molecule has 216 valence electrons. The average molecular weight is 559 g/mol. The molecule has 1 aliphatic rings. The normalized spacial score (nSPS) is 14.9. The largest absolute Gasteiger partial charge is 0.457 e. The van der Waals surface area contributed by atoms with Crippen LogP contribution in [0.2, 0.25) is 0 Å². The summed E-state index contributed by atoms with van der Waals surface area (Å²) in [5.74, 6) is 2.06. The number of halogens is 1. The standard InChI is InChI=1S/C32H39FN6O2/c1-20(2)39-15-12-21(13-16-39)30(40)37-29-19-24(11-14-34-29)41-23-8-10-28-27(18-23)36-31(38(28)6)35-22-7-9-26(33)25(17-22)32(3,4)5/h7-11,14,17-21H,12-13,15-16H2,1-6H3,(H,35,36)(H,34,37,40). The predicted molar refractivity (Wildman–Crippen MR) is 161 cm³/mol. The van der Waals surface area contributed by atoms with Gasteiger partial charge in [0.05, 0.1) is 11.0 Å². The first-order valence-corrected chi connectivity index (χ1v) is 14.2. The number of amides is 1. The summed E-state index contributed by atoms with van der Waals surface area (Å²) in [6.07, 6.45) is 3.32. The van der Waals surface area contributed by atoms with Gasteiger partial charge in [0.15, 0.2) is 0 Å². The molecule has 41 heavy (non-hydrogen) atoms. The summed E-state index contributed by atoms with van der Waals surface area (Å²) in [5.41, 5.74) is 2.76. The number of nitrogens with zero attached hydrogens (tertiary/aromatic N) is 4. The summed E-state index contributed by atoms with van der Waals surface area (Å²) < 4.78 is 22.5. The Labute approximate surface area is 240 Å². The fourth-order valence-corrected chi connectivity index (χ4v) is 5.25. The van der Waals surface area contributed by atoms with Crippen LogP contribution in [0.4, 0.5) is 21.8 Å². The number of carbonyl (C=O) groups is 1. The number of anilines is 3. The number of benzene rings is 2. The van der Waals surface area contributed by atoms with E-state index in [2.05, 4.69) is 34.4 Å². The number of rotatable bonds is 7. The number of hydrogen-bond donors (Lipinski definition) is 2. The van der Waals surface area contributed by atoms with Crippen molar-refractivity contribution < 1.29 is 13.9 Å². The Morgan fingerprint density at radius 3 is 2.49 bits per heavy atom. The molecular weight excluding hydrogens is 519 g/mol. The topological polar surface area (TPSA) is 84.3 Å². The third-order valence-corrected chi connectivity index (χ3v) is 7.73. The highest BCUT2D eigenvalue weighted by Gasteiger charge is 2.26. The first-order valence-electron chi connectivity index (χ1n) is 14.2. The van der Waals surface area contributed by atoms with Gasteiger partial charge in [-0.1, -0.05) is 20.8 Å². The van der Waals surface area contributed by atoms with Gasteiger partial charge in [0.2, 0.25) is 11.9 Å². The third kappa shape index (κ3) is 6.51. The van der Waals surface area contributed by atoms with Gasteiger partial charge in [-0.15, -0.1) is 0 Å². The van der Waals surface area contributed by atoms with Crippen molar-refractivity contribution in [1.29, 1.82) is 0 Å². The second kappa shape index (κ2) is 11.5. The maximum Gasteiger partial charge on any atom is 0.228 e. The molecule has 1 amide bonds. The van der Waals surface area contributed by atoms with Crippen molar-refractivity contribution >= 4 is 34.4 Å². The molecule has 8 nitrogen and oxygen atoms in total. The van der Waals surface area contributed by atoms with E-state index < -0.39 is 0 Å². The molecule has 2 aromatic heterocycles. The van der Waals surface area contributed by atoms with Crippen LogP contribution >= 0.6 is 0 Å². The number of pyridine rings is 1. The summed E-state index contributed by atoms with van der Waals surface area (Å²) in [4.78, 5) is 24.3. The second-order valence-electron chi connectivity index (χ2n) is 12.1. The Hall–Kier alpha value is -3.98. The van der Waals surface area contributed by atoms with Crippen LogP contribution in [0.1, 0.15) is 53.0 Å². The van der Waals surface area contributed by atoms with Gasteiger partial charge in [-0.3, -0.25) is 4.79 Å². The first kappa shape index (κ1) is 28.5. The minimum atomic E-state index is -0.318. The van der Waals surface area contributed by atoms with Crippen molar-refractivity contribution in [3.63, 3.8) is 0 Å². The quantitative estimate of drug-likeness (QED) is 0.254. The number of carbonyl (C=O) groups excluding carboxylic acids is 1. The van der Waals surface area contributed by atoms with Gasteiger partial charge in [-0.25, -0.2) is 14.4 Å².